The van der Waals surface area contributed by atoms with E-state index in [-0.39, 0.29) is 12.5 Å². The molecule has 0 saturated heterocycles. The number of carbonyl (C=O) groups excluding carboxylic acids is 3. The van der Waals surface area contributed by atoms with Gasteiger partial charge in [0.25, 0.3) is 17.9 Å². The maximum absolute atomic E-state index is 12.2. The second kappa shape index (κ2) is 17.9. The average molecular weight is 495 g/mol. The molecule has 0 bridgehead atoms. The zero-order chi connectivity index (χ0) is 25.2. The van der Waals surface area contributed by atoms with Gasteiger partial charge in [0.2, 0.25) is 0 Å². The SMILES string of the molecule is CCCCOC(CC[Si](OC(C)=O)(OC(C)=O)OC(=O)COC)(OCCCC)OCCCC. The first-order chi connectivity index (χ1) is 15.7. The van der Waals surface area contributed by atoms with E-state index in [0.717, 1.165) is 52.4 Å². The van der Waals surface area contributed by atoms with Crippen molar-refractivity contribution in [3.05, 3.63) is 0 Å². The van der Waals surface area contributed by atoms with Gasteiger partial charge in [-0.05, 0) is 19.3 Å². The third kappa shape index (κ3) is 14.4. The molecule has 0 N–H and O–H groups in total. The highest BCUT2D eigenvalue weighted by atomic mass is 28.4. The average Bonchev–Trinajstić information content (AvgIpc) is 2.72. The Bertz CT molecular complexity index is 527. The van der Waals surface area contributed by atoms with E-state index in [4.69, 9.17) is 32.2 Å². The molecule has 0 spiro atoms. The van der Waals surface area contributed by atoms with Crippen LogP contribution in [-0.2, 0) is 46.6 Å². The lowest BCUT2D eigenvalue weighted by Crippen LogP contribution is -2.52. The van der Waals surface area contributed by atoms with Crippen LogP contribution in [0.2, 0.25) is 6.04 Å². The molecule has 0 aromatic heterocycles. The fraction of sp³-hybridized carbons (Fsp3) is 0.864. The van der Waals surface area contributed by atoms with Crippen LogP contribution in [0.5, 0.6) is 0 Å². The first-order valence-corrected chi connectivity index (χ1v) is 13.6. The molecule has 0 aliphatic heterocycles. The van der Waals surface area contributed by atoms with E-state index in [2.05, 4.69) is 0 Å². The van der Waals surface area contributed by atoms with Gasteiger partial charge in [-0.1, -0.05) is 40.0 Å². The zero-order valence-electron chi connectivity index (χ0n) is 21.1. The van der Waals surface area contributed by atoms with Gasteiger partial charge in [-0.15, -0.1) is 0 Å². The number of carbonyl (C=O) groups is 3. The predicted molar refractivity (Wildman–Crippen MR) is 122 cm³/mol. The van der Waals surface area contributed by atoms with Crippen LogP contribution in [0.1, 0.15) is 79.6 Å². The standard InChI is InChI=1S/C22H42O10Si/c1-7-10-14-27-22(28-15-11-8-2,29-16-12-9-3)13-17-33(30-19(4)23,31-20(5)24)32-21(25)18-26-6/h7-18H2,1-6H3. The fourth-order valence-electron chi connectivity index (χ4n) is 2.74. The first kappa shape index (κ1) is 31.5. The summed E-state index contributed by atoms with van der Waals surface area (Å²) in [5.74, 6) is -3.76. The minimum atomic E-state index is -4.14. The Balaban J connectivity index is 5.92. The highest BCUT2D eigenvalue weighted by Gasteiger charge is 2.54. The quantitative estimate of drug-likeness (QED) is 0.141. The van der Waals surface area contributed by atoms with E-state index < -0.39 is 39.3 Å². The van der Waals surface area contributed by atoms with Crippen molar-refractivity contribution in [3.8, 4) is 0 Å². The van der Waals surface area contributed by atoms with E-state index in [0.29, 0.717) is 19.8 Å². The summed E-state index contributed by atoms with van der Waals surface area (Å²) in [6, 6.07) is -0.133. The Kier molecular flexibility index (Phi) is 17.0. The van der Waals surface area contributed by atoms with E-state index in [1.165, 1.54) is 7.11 Å². The monoisotopic (exact) mass is 494 g/mol. The molecule has 0 atom stereocenters. The second-order valence-corrected chi connectivity index (χ2v) is 10.0. The van der Waals surface area contributed by atoms with Gasteiger partial charge in [0, 0.05) is 27.4 Å². The summed E-state index contributed by atoms with van der Waals surface area (Å²) in [6.45, 7) is 9.16. The molecule has 11 heteroatoms. The first-order valence-electron chi connectivity index (χ1n) is 11.7. The van der Waals surface area contributed by atoms with Gasteiger partial charge in [-0.25, -0.2) is 0 Å². The van der Waals surface area contributed by atoms with Crippen molar-refractivity contribution in [2.24, 2.45) is 0 Å². The molecule has 0 amide bonds. The van der Waals surface area contributed by atoms with Crippen LogP contribution >= 0.6 is 0 Å². The highest BCUT2D eigenvalue weighted by molar-refractivity contribution is 6.65. The molecule has 0 aromatic rings. The summed E-state index contributed by atoms with van der Waals surface area (Å²) in [5, 5.41) is 0. The van der Waals surface area contributed by atoms with Crippen molar-refractivity contribution in [2.45, 2.75) is 91.6 Å². The van der Waals surface area contributed by atoms with Gasteiger partial charge in [0.05, 0.1) is 25.9 Å². The van der Waals surface area contributed by atoms with Gasteiger partial charge in [-0.3, -0.25) is 14.4 Å². The lowest BCUT2D eigenvalue weighted by atomic mass is 10.3. The largest absolute Gasteiger partial charge is 0.705 e. The minimum Gasteiger partial charge on any atom is -0.455 e. The number of hydrogen-bond donors (Lipinski definition) is 0. The summed E-state index contributed by atoms with van der Waals surface area (Å²) in [7, 11) is -2.83. The van der Waals surface area contributed by atoms with Gasteiger partial charge in [0.1, 0.15) is 6.61 Å². The van der Waals surface area contributed by atoms with E-state index in [1.54, 1.807) is 0 Å². The Morgan fingerprint density at radius 3 is 1.48 bits per heavy atom. The summed E-state index contributed by atoms with van der Waals surface area (Å²) in [6.07, 6.45) is 5.12. The smallest absolute Gasteiger partial charge is 0.455 e. The minimum absolute atomic E-state index is 0.0250. The lowest BCUT2D eigenvalue weighted by Gasteiger charge is -2.35. The maximum atomic E-state index is 12.2. The van der Waals surface area contributed by atoms with Crippen molar-refractivity contribution in [3.63, 3.8) is 0 Å². The van der Waals surface area contributed by atoms with Crippen molar-refractivity contribution in [1.29, 1.82) is 0 Å². The number of ether oxygens (including phenoxy) is 4. The second-order valence-electron chi connectivity index (χ2n) is 7.57. The molecule has 0 aromatic carbocycles. The molecule has 0 saturated carbocycles. The van der Waals surface area contributed by atoms with Crippen LogP contribution < -0.4 is 0 Å². The molecule has 33 heavy (non-hydrogen) atoms. The van der Waals surface area contributed by atoms with Crippen molar-refractivity contribution < 1.29 is 46.6 Å². The number of hydrogen-bond acceptors (Lipinski definition) is 10. The summed E-state index contributed by atoms with van der Waals surface area (Å²) < 4.78 is 39.0. The van der Waals surface area contributed by atoms with E-state index in [9.17, 15) is 14.4 Å². The Morgan fingerprint density at radius 1 is 0.727 bits per heavy atom. The van der Waals surface area contributed by atoms with Gasteiger partial charge in [0.15, 0.2) is 0 Å². The van der Waals surface area contributed by atoms with Gasteiger partial charge >= 0.3 is 14.8 Å². The number of rotatable bonds is 20. The Labute approximate surface area is 198 Å². The van der Waals surface area contributed by atoms with Gasteiger partial charge < -0.3 is 32.2 Å². The zero-order valence-corrected chi connectivity index (χ0v) is 22.1. The van der Waals surface area contributed by atoms with Gasteiger partial charge in [-0.2, -0.15) is 0 Å². The number of methoxy groups -OCH3 is 1. The van der Waals surface area contributed by atoms with Crippen molar-refractivity contribution in [1.82, 2.24) is 0 Å². The Hall–Kier alpha value is -1.53. The molecule has 0 heterocycles. The molecule has 0 rings (SSSR count). The van der Waals surface area contributed by atoms with Crippen molar-refractivity contribution >= 4 is 26.7 Å². The van der Waals surface area contributed by atoms with Crippen LogP contribution in [0.15, 0.2) is 0 Å². The lowest BCUT2D eigenvalue weighted by molar-refractivity contribution is -0.382. The summed E-state index contributed by atoms with van der Waals surface area (Å²) >= 11 is 0. The van der Waals surface area contributed by atoms with Crippen LogP contribution in [0, 0.1) is 0 Å². The molecule has 0 aliphatic carbocycles. The molecule has 0 fully saturated rings. The third-order valence-corrected chi connectivity index (χ3v) is 6.92. The molecular formula is C22H42O10Si. The summed E-state index contributed by atoms with van der Waals surface area (Å²) in [5.41, 5.74) is 0. The molecule has 0 radical (unpaired) electrons. The highest BCUT2D eigenvalue weighted by Crippen LogP contribution is 2.30. The summed E-state index contributed by atoms with van der Waals surface area (Å²) in [4.78, 5) is 35.9. The topological polar surface area (TPSA) is 116 Å². The van der Waals surface area contributed by atoms with Crippen molar-refractivity contribution in [2.75, 3.05) is 33.5 Å². The number of unbranched alkanes of at least 4 members (excludes halogenated alkanes) is 3. The molecule has 194 valence electrons. The van der Waals surface area contributed by atoms with Crippen LogP contribution in [0.3, 0.4) is 0 Å². The van der Waals surface area contributed by atoms with Crippen LogP contribution in [0.25, 0.3) is 0 Å². The molecule has 0 unspecified atom stereocenters. The van der Waals surface area contributed by atoms with Crippen LogP contribution in [0.4, 0.5) is 0 Å². The Morgan fingerprint density at radius 2 is 1.15 bits per heavy atom. The molecular weight excluding hydrogens is 452 g/mol. The van der Waals surface area contributed by atoms with Crippen LogP contribution in [-0.4, -0.2) is 66.2 Å². The molecule has 0 aliphatic rings. The predicted octanol–water partition coefficient (Wildman–Crippen LogP) is 3.74. The fourth-order valence-corrected chi connectivity index (χ4v) is 5.06. The third-order valence-electron chi connectivity index (χ3n) is 4.33. The van der Waals surface area contributed by atoms with E-state index in [1.807, 2.05) is 20.8 Å². The van der Waals surface area contributed by atoms with E-state index >= 15 is 0 Å². The maximum Gasteiger partial charge on any atom is 0.705 e. The normalized spacial score (nSPS) is 11.8. The molecule has 10 nitrogen and oxygen atoms in total.